The molecular weight excluding hydrogens is 497 g/mol. The lowest BCUT2D eigenvalue weighted by atomic mass is 10.1. The van der Waals surface area contributed by atoms with Crippen LogP contribution in [-0.4, -0.2) is 89.1 Å². The minimum Gasteiger partial charge on any atom is -0.378 e. The van der Waals surface area contributed by atoms with Gasteiger partial charge in [0.05, 0.1) is 29.2 Å². The van der Waals surface area contributed by atoms with Crippen LogP contribution in [-0.2, 0) is 14.8 Å². The van der Waals surface area contributed by atoms with Gasteiger partial charge in [-0.15, -0.1) is 0 Å². The van der Waals surface area contributed by atoms with E-state index in [1.165, 1.54) is 22.5 Å². The van der Waals surface area contributed by atoms with Crippen LogP contribution in [0.1, 0.15) is 28.8 Å². The molecule has 37 heavy (non-hydrogen) atoms. The van der Waals surface area contributed by atoms with Gasteiger partial charge in [-0.05, 0) is 49.2 Å². The number of anilines is 2. The van der Waals surface area contributed by atoms with Crippen LogP contribution in [0.2, 0.25) is 0 Å². The van der Waals surface area contributed by atoms with Crippen LogP contribution < -0.4 is 9.80 Å². The minimum absolute atomic E-state index is 0.00281. The first-order valence-corrected chi connectivity index (χ1v) is 14.0. The molecule has 0 saturated carbocycles. The Morgan fingerprint density at radius 2 is 1.59 bits per heavy atom. The lowest BCUT2D eigenvalue weighted by Crippen LogP contribution is -2.49. The smallest absolute Gasteiger partial charge is 0.256 e. The van der Waals surface area contributed by atoms with E-state index in [9.17, 15) is 17.6 Å². The zero-order valence-corrected chi connectivity index (χ0v) is 21.4. The fourth-order valence-electron chi connectivity index (χ4n) is 5.13. The normalized spacial score (nSPS) is 19.2. The van der Waals surface area contributed by atoms with Crippen molar-refractivity contribution in [2.24, 2.45) is 0 Å². The Hall–Kier alpha value is -3.20. The first-order chi connectivity index (χ1) is 17.9. The van der Waals surface area contributed by atoms with Gasteiger partial charge >= 0.3 is 0 Å². The van der Waals surface area contributed by atoms with Gasteiger partial charge in [-0.2, -0.15) is 9.57 Å². The van der Waals surface area contributed by atoms with Crippen molar-refractivity contribution in [3.8, 4) is 6.07 Å². The van der Waals surface area contributed by atoms with Crippen molar-refractivity contribution in [2.75, 3.05) is 75.4 Å². The van der Waals surface area contributed by atoms with E-state index in [-0.39, 0.29) is 16.4 Å². The minimum atomic E-state index is -3.67. The summed E-state index contributed by atoms with van der Waals surface area (Å²) in [7, 11) is -3.67. The monoisotopic (exact) mass is 527 g/mol. The largest absolute Gasteiger partial charge is 0.378 e. The second kappa shape index (κ2) is 10.7. The molecule has 5 rings (SSSR count). The molecule has 0 radical (unpaired) electrons. The van der Waals surface area contributed by atoms with Crippen molar-refractivity contribution in [3.63, 3.8) is 0 Å². The lowest BCUT2D eigenvalue weighted by Gasteiger charge is -2.37. The number of hydrogen-bond acceptors (Lipinski definition) is 7. The van der Waals surface area contributed by atoms with E-state index in [4.69, 9.17) is 10.00 Å². The standard InChI is InChI=1S/C26H30FN5O4S/c27-24-17-21(4-3-20(24)19-28)29-9-11-31(12-10-29)26(33)23-18-22(37(34,35)32-7-1-2-8-32)5-6-25(23)30-13-15-36-16-14-30/h3-6,17-18H,1-2,7-16H2. The number of morpholine rings is 1. The Kier molecular flexibility index (Phi) is 7.33. The molecule has 0 N–H and O–H groups in total. The number of piperazine rings is 1. The van der Waals surface area contributed by atoms with Crippen molar-refractivity contribution in [1.82, 2.24) is 9.21 Å². The third-order valence-corrected chi connectivity index (χ3v) is 9.15. The zero-order valence-electron chi connectivity index (χ0n) is 20.6. The van der Waals surface area contributed by atoms with E-state index in [1.54, 1.807) is 23.1 Å². The van der Waals surface area contributed by atoms with Gasteiger partial charge in [0.2, 0.25) is 10.0 Å². The zero-order chi connectivity index (χ0) is 26.0. The van der Waals surface area contributed by atoms with Gasteiger partial charge in [-0.1, -0.05) is 0 Å². The lowest BCUT2D eigenvalue weighted by molar-refractivity contribution is 0.0746. The van der Waals surface area contributed by atoms with E-state index < -0.39 is 15.8 Å². The number of carbonyl (C=O) groups excluding carboxylic acids is 1. The van der Waals surface area contributed by atoms with Gasteiger partial charge < -0.3 is 19.4 Å². The second-order valence-corrected chi connectivity index (χ2v) is 11.4. The molecule has 0 aromatic heterocycles. The predicted molar refractivity (Wildman–Crippen MR) is 137 cm³/mol. The van der Waals surface area contributed by atoms with E-state index >= 15 is 0 Å². The molecule has 0 atom stereocenters. The van der Waals surface area contributed by atoms with Crippen LogP contribution in [0.3, 0.4) is 0 Å². The number of carbonyl (C=O) groups is 1. The Bertz CT molecular complexity index is 1310. The molecule has 3 heterocycles. The molecule has 196 valence electrons. The van der Waals surface area contributed by atoms with Gasteiger partial charge in [0.25, 0.3) is 5.91 Å². The summed E-state index contributed by atoms with van der Waals surface area (Å²) >= 11 is 0. The summed E-state index contributed by atoms with van der Waals surface area (Å²) in [4.78, 5) is 19.7. The van der Waals surface area contributed by atoms with Gasteiger partial charge in [0.15, 0.2) is 0 Å². The maximum atomic E-state index is 14.1. The molecule has 3 aliphatic rings. The number of hydrogen-bond donors (Lipinski definition) is 0. The van der Waals surface area contributed by atoms with E-state index in [0.717, 1.165) is 12.8 Å². The van der Waals surface area contributed by atoms with Crippen LogP contribution in [0.5, 0.6) is 0 Å². The highest BCUT2D eigenvalue weighted by Gasteiger charge is 2.31. The van der Waals surface area contributed by atoms with E-state index in [2.05, 4.69) is 4.90 Å². The highest BCUT2D eigenvalue weighted by molar-refractivity contribution is 7.89. The van der Waals surface area contributed by atoms with Crippen LogP contribution >= 0.6 is 0 Å². The molecule has 2 aromatic rings. The maximum absolute atomic E-state index is 14.1. The van der Waals surface area contributed by atoms with Crippen LogP contribution in [0, 0.1) is 17.1 Å². The molecule has 3 aliphatic heterocycles. The maximum Gasteiger partial charge on any atom is 0.256 e. The van der Waals surface area contributed by atoms with Crippen molar-refractivity contribution < 1.29 is 22.3 Å². The first-order valence-electron chi connectivity index (χ1n) is 12.6. The number of halogens is 1. The van der Waals surface area contributed by atoms with E-state index in [1.807, 2.05) is 11.0 Å². The van der Waals surface area contributed by atoms with Crippen molar-refractivity contribution in [2.45, 2.75) is 17.7 Å². The topological polar surface area (TPSA) is 97.2 Å². The van der Waals surface area contributed by atoms with Crippen molar-refractivity contribution in [1.29, 1.82) is 5.26 Å². The van der Waals surface area contributed by atoms with Crippen molar-refractivity contribution in [3.05, 3.63) is 53.3 Å². The second-order valence-electron chi connectivity index (χ2n) is 9.44. The third kappa shape index (κ3) is 5.14. The number of sulfonamides is 1. The van der Waals surface area contributed by atoms with Gasteiger partial charge in [0.1, 0.15) is 11.9 Å². The van der Waals surface area contributed by atoms with Gasteiger partial charge in [-0.3, -0.25) is 4.79 Å². The Labute approximate surface area is 216 Å². The van der Waals surface area contributed by atoms with E-state index in [0.29, 0.717) is 82.5 Å². The molecule has 0 spiro atoms. The molecule has 3 fully saturated rings. The summed E-state index contributed by atoms with van der Waals surface area (Å²) in [5.41, 5.74) is 1.75. The molecule has 1 amide bonds. The number of ether oxygens (including phenoxy) is 1. The molecule has 3 saturated heterocycles. The quantitative estimate of drug-likeness (QED) is 0.589. The fraction of sp³-hybridized carbons (Fsp3) is 0.462. The average Bonchev–Trinajstić information content (AvgIpc) is 3.49. The molecular formula is C26H30FN5O4S. The highest BCUT2D eigenvalue weighted by atomic mass is 32.2. The van der Waals surface area contributed by atoms with Crippen LogP contribution in [0.15, 0.2) is 41.3 Å². The Balaban J connectivity index is 1.39. The summed E-state index contributed by atoms with van der Waals surface area (Å²) < 4.78 is 47.6. The average molecular weight is 528 g/mol. The molecule has 0 bridgehead atoms. The third-order valence-electron chi connectivity index (χ3n) is 7.26. The molecule has 9 nitrogen and oxygen atoms in total. The highest BCUT2D eigenvalue weighted by Crippen LogP contribution is 2.30. The number of benzene rings is 2. The summed E-state index contributed by atoms with van der Waals surface area (Å²) in [5.74, 6) is -0.782. The molecule has 2 aromatic carbocycles. The number of amides is 1. The van der Waals surface area contributed by atoms with Crippen LogP contribution in [0.4, 0.5) is 15.8 Å². The molecule has 0 unspecified atom stereocenters. The van der Waals surface area contributed by atoms with Crippen LogP contribution in [0.25, 0.3) is 0 Å². The fourth-order valence-corrected chi connectivity index (χ4v) is 6.68. The molecule has 0 aliphatic carbocycles. The summed E-state index contributed by atoms with van der Waals surface area (Å²) in [6.45, 7) is 5.13. The number of nitrogens with zero attached hydrogens (tertiary/aromatic N) is 5. The summed E-state index contributed by atoms with van der Waals surface area (Å²) in [6.07, 6.45) is 1.68. The van der Waals surface area contributed by atoms with Gasteiger partial charge in [0, 0.05) is 63.7 Å². The number of rotatable bonds is 5. The number of nitriles is 1. The SMILES string of the molecule is N#Cc1ccc(N2CCN(C(=O)c3cc(S(=O)(=O)N4CCCC4)ccc3N3CCOCC3)CC2)cc1F. The summed E-state index contributed by atoms with van der Waals surface area (Å²) in [5, 5.41) is 8.97. The predicted octanol–water partition coefficient (Wildman–Crippen LogP) is 2.28. The van der Waals surface area contributed by atoms with Crippen molar-refractivity contribution >= 4 is 27.3 Å². The Morgan fingerprint density at radius 1 is 0.892 bits per heavy atom. The van der Waals surface area contributed by atoms with Gasteiger partial charge in [-0.25, -0.2) is 12.8 Å². The Morgan fingerprint density at radius 3 is 2.24 bits per heavy atom. The molecule has 11 heteroatoms. The summed E-state index contributed by atoms with van der Waals surface area (Å²) in [6, 6.07) is 11.2. The first kappa shape index (κ1) is 25.4.